The molecule has 3 aromatic rings. The Balaban J connectivity index is 1.95. The molecule has 0 radical (unpaired) electrons. The van der Waals surface area contributed by atoms with Gasteiger partial charge in [-0.3, -0.25) is 4.79 Å². The predicted molar refractivity (Wildman–Crippen MR) is 78.6 cm³/mol. The summed E-state index contributed by atoms with van der Waals surface area (Å²) in [4.78, 5) is 24.6. The summed E-state index contributed by atoms with van der Waals surface area (Å²) in [6.07, 6.45) is 8.25. The number of nitrogens with zero attached hydrogens (tertiary/aromatic N) is 4. The van der Waals surface area contributed by atoms with Gasteiger partial charge in [0.2, 0.25) is 0 Å². The quantitative estimate of drug-likeness (QED) is 0.740. The minimum atomic E-state index is -0.248. The van der Waals surface area contributed by atoms with Crippen LogP contribution in [-0.2, 0) is 6.54 Å². The normalized spacial score (nSPS) is 10.2. The van der Waals surface area contributed by atoms with Crippen LogP contribution in [0.4, 0.5) is 5.82 Å². The van der Waals surface area contributed by atoms with Crippen molar-refractivity contribution in [2.45, 2.75) is 6.54 Å². The first kappa shape index (κ1) is 12.8. The fourth-order valence-electron chi connectivity index (χ4n) is 1.96. The van der Waals surface area contributed by atoms with Crippen LogP contribution in [0.5, 0.6) is 0 Å². The number of aromatic nitrogens is 4. The molecule has 0 saturated heterocycles. The fourth-order valence-corrected chi connectivity index (χ4v) is 1.96. The molecule has 0 spiro atoms. The van der Waals surface area contributed by atoms with Crippen LogP contribution in [0.15, 0.2) is 43.0 Å². The van der Waals surface area contributed by atoms with Crippen molar-refractivity contribution in [2.75, 3.05) is 5.32 Å². The van der Waals surface area contributed by atoms with Gasteiger partial charge in [-0.2, -0.15) is 0 Å². The number of hydrogen-bond acceptors (Lipinski definition) is 4. The lowest BCUT2D eigenvalue weighted by Crippen LogP contribution is -2.13. The fraction of sp³-hybridized carbons (Fsp3) is 0.0667. The number of hydrogen-bond donors (Lipinski definition) is 1. The van der Waals surface area contributed by atoms with Crippen molar-refractivity contribution in [3.05, 3.63) is 48.5 Å². The van der Waals surface area contributed by atoms with Gasteiger partial charge in [0.25, 0.3) is 5.91 Å². The van der Waals surface area contributed by atoms with Crippen molar-refractivity contribution in [1.82, 2.24) is 19.5 Å². The van der Waals surface area contributed by atoms with Crippen LogP contribution >= 0.6 is 0 Å². The van der Waals surface area contributed by atoms with Gasteiger partial charge < -0.3 is 9.88 Å². The standard InChI is InChI=1S/C15H11N5O/c1-2-8-20-10-18-12-13(16-9-17-14(12)20)19-15(21)11-6-4-3-5-7-11/h1,3-7,9-10H,8H2,(H,16,17,19,21). The largest absolute Gasteiger partial charge is 0.305 e. The van der Waals surface area contributed by atoms with E-state index >= 15 is 0 Å². The number of carbonyl (C=O) groups excluding carboxylic acids is 1. The Morgan fingerprint density at radius 1 is 1.24 bits per heavy atom. The highest BCUT2D eigenvalue weighted by atomic mass is 16.1. The Hall–Kier alpha value is -3.20. The van der Waals surface area contributed by atoms with Crippen LogP contribution in [0.25, 0.3) is 11.2 Å². The van der Waals surface area contributed by atoms with Gasteiger partial charge in [-0.05, 0) is 12.1 Å². The summed E-state index contributed by atoms with van der Waals surface area (Å²) in [5.74, 6) is 2.64. The zero-order chi connectivity index (χ0) is 14.7. The van der Waals surface area contributed by atoms with Crippen molar-refractivity contribution < 1.29 is 4.79 Å². The third kappa shape index (κ3) is 2.44. The molecule has 6 nitrogen and oxygen atoms in total. The lowest BCUT2D eigenvalue weighted by atomic mass is 10.2. The van der Waals surface area contributed by atoms with Crippen molar-refractivity contribution >= 4 is 22.9 Å². The molecule has 2 aromatic heterocycles. The average Bonchev–Trinajstić information content (AvgIpc) is 2.93. The molecule has 0 aliphatic carbocycles. The van der Waals surface area contributed by atoms with Crippen molar-refractivity contribution in [1.29, 1.82) is 0 Å². The maximum absolute atomic E-state index is 12.2. The Bertz CT molecular complexity index is 832. The van der Waals surface area contributed by atoms with E-state index < -0.39 is 0 Å². The summed E-state index contributed by atoms with van der Waals surface area (Å²) in [6, 6.07) is 8.90. The molecule has 0 fully saturated rings. The van der Waals surface area contributed by atoms with E-state index in [0.717, 1.165) is 0 Å². The Morgan fingerprint density at radius 3 is 2.81 bits per heavy atom. The number of benzene rings is 1. The summed E-state index contributed by atoms with van der Waals surface area (Å²) in [5.41, 5.74) is 1.65. The number of fused-ring (bicyclic) bond motifs is 1. The molecule has 0 aliphatic rings. The SMILES string of the molecule is C#CCn1cnc2c(NC(=O)c3ccccc3)ncnc21. The molecule has 1 amide bonds. The number of imidazole rings is 1. The summed E-state index contributed by atoms with van der Waals surface area (Å²) < 4.78 is 1.72. The Kier molecular flexibility index (Phi) is 3.31. The highest BCUT2D eigenvalue weighted by molar-refractivity contribution is 6.06. The van der Waals surface area contributed by atoms with Crippen molar-refractivity contribution in [3.63, 3.8) is 0 Å². The second-order valence-corrected chi connectivity index (χ2v) is 4.29. The zero-order valence-corrected chi connectivity index (χ0v) is 11.0. The second kappa shape index (κ2) is 5.43. The number of terminal acetylenes is 1. The van der Waals surface area contributed by atoms with E-state index in [-0.39, 0.29) is 5.91 Å². The first-order valence-corrected chi connectivity index (χ1v) is 6.25. The molecule has 1 N–H and O–H groups in total. The minimum absolute atomic E-state index is 0.248. The molecule has 0 saturated carbocycles. The molecule has 102 valence electrons. The van der Waals surface area contributed by atoms with Crippen LogP contribution in [0.2, 0.25) is 0 Å². The maximum Gasteiger partial charge on any atom is 0.256 e. The van der Waals surface area contributed by atoms with Gasteiger partial charge in [-0.25, -0.2) is 15.0 Å². The van der Waals surface area contributed by atoms with E-state index in [9.17, 15) is 4.79 Å². The third-order valence-electron chi connectivity index (χ3n) is 2.93. The Labute approximate surface area is 120 Å². The maximum atomic E-state index is 12.2. The smallest absolute Gasteiger partial charge is 0.256 e. The molecule has 0 aliphatic heterocycles. The summed E-state index contributed by atoms with van der Waals surface area (Å²) in [5, 5.41) is 2.74. The molecule has 0 atom stereocenters. The van der Waals surface area contributed by atoms with Gasteiger partial charge >= 0.3 is 0 Å². The lowest BCUT2D eigenvalue weighted by molar-refractivity contribution is 0.102. The number of anilines is 1. The van der Waals surface area contributed by atoms with Crippen LogP contribution in [0.1, 0.15) is 10.4 Å². The van der Waals surface area contributed by atoms with Crippen molar-refractivity contribution in [3.8, 4) is 12.3 Å². The van der Waals surface area contributed by atoms with Gasteiger partial charge in [0.1, 0.15) is 6.33 Å². The molecule has 1 aromatic carbocycles. The molecular weight excluding hydrogens is 266 g/mol. The third-order valence-corrected chi connectivity index (χ3v) is 2.93. The van der Waals surface area contributed by atoms with Gasteiger partial charge in [0.05, 0.1) is 12.9 Å². The highest BCUT2D eigenvalue weighted by Crippen LogP contribution is 2.17. The lowest BCUT2D eigenvalue weighted by Gasteiger charge is -2.05. The summed E-state index contributed by atoms with van der Waals surface area (Å²) in [7, 11) is 0. The van der Waals surface area contributed by atoms with E-state index in [1.807, 2.05) is 6.07 Å². The van der Waals surface area contributed by atoms with E-state index in [1.54, 1.807) is 35.2 Å². The highest BCUT2D eigenvalue weighted by Gasteiger charge is 2.13. The average molecular weight is 277 g/mol. The first-order valence-electron chi connectivity index (χ1n) is 6.25. The Morgan fingerprint density at radius 2 is 2.05 bits per heavy atom. The van der Waals surface area contributed by atoms with E-state index in [4.69, 9.17) is 6.42 Å². The molecule has 2 heterocycles. The number of rotatable bonds is 3. The van der Waals surface area contributed by atoms with Crippen LogP contribution in [0.3, 0.4) is 0 Å². The minimum Gasteiger partial charge on any atom is -0.305 e. The number of nitrogens with one attached hydrogen (secondary N) is 1. The van der Waals surface area contributed by atoms with Gasteiger partial charge in [0.15, 0.2) is 17.0 Å². The molecular formula is C15H11N5O. The number of amides is 1. The number of carbonyl (C=O) groups is 1. The summed E-state index contributed by atoms with van der Waals surface area (Å²) in [6.45, 7) is 0.361. The topological polar surface area (TPSA) is 72.7 Å². The van der Waals surface area contributed by atoms with Crippen LogP contribution in [-0.4, -0.2) is 25.4 Å². The molecule has 21 heavy (non-hydrogen) atoms. The molecule has 0 bridgehead atoms. The molecule has 0 unspecified atom stereocenters. The van der Waals surface area contributed by atoms with Crippen molar-refractivity contribution in [2.24, 2.45) is 0 Å². The zero-order valence-electron chi connectivity index (χ0n) is 11.0. The van der Waals surface area contributed by atoms with Crippen LogP contribution in [0, 0.1) is 12.3 Å². The second-order valence-electron chi connectivity index (χ2n) is 4.29. The van der Waals surface area contributed by atoms with Gasteiger partial charge in [0, 0.05) is 5.56 Å². The molecule has 3 rings (SSSR count). The van der Waals surface area contributed by atoms with E-state index in [2.05, 4.69) is 26.2 Å². The van der Waals surface area contributed by atoms with E-state index in [0.29, 0.717) is 29.1 Å². The van der Waals surface area contributed by atoms with Crippen LogP contribution < -0.4 is 5.32 Å². The predicted octanol–water partition coefficient (Wildman–Crippen LogP) is 1.71. The van der Waals surface area contributed by atoms with E-state index in [1.165, 1.54) is 6.33 Å². The monoisotopic (exact) mass is 277 g/mol. The summed E-state index contributed by atoms with van der Waals surface area (Å²) >= 11 is 0. The van der Waals surface area contributed by atoms with Gasteiger partial charge in [-0.15, -0.1) is 6.42 Å². The molecule has 6 heteroatoms. The first-order chi connectivity index (χ1) is 10.3. The van der Waals surface area contributed by atoms with Gasteiger partial charge in [-0.1, -0.05) is 24.1 Å².